The molecule has 0 aromatic heterocycles. The van der Waals surface area contributed by atoms with Gasteiger partial charge in [0.05, 0.1) is 0 Å². The van der Waals surface area contributed by atoms with E-state index in [1.54, 1.807) is 0 Å². The van der Waals surface area contributed by atoms with E-state index in [1.807, 2.05) is 20.8 Å². The van der Waals surface area contributed by atoms with Gasteiger partial charge in [-0.15, -0.1) is 0 Å². The molecule has 0 N–H and O–H groups in total. The highest BCUT2D eigenvalue weighted by Gasteiger charge is 2.24. The lowest BCUT2D eigenvalue weighted by Crippen LogP contribution is -2.25. The molecule has 0 amide bonds. The molecule has 84 valence electrons. The maximum Gasteiger partial charge on any atom is 0.306 e. The van der Waals surface area contributed by atoms with E-state index >= 15 is 0 Å². The molecular formula is C13H20O2. The van der Waals surface area contributed by atoms with E-state index in [0.29, 0.717) is 12.3 Å². The maximum absolute atomic E-state index is 11.2. The fraction of sp³-hybridized carbons (Fsp3) is 0.615. The van der Waals surface area contributed by atoms with E-state index in [2.05, 4.69) is 12.7 Å². The average molecular weight is 208 g/mol. The number of hydrogen-bond acceptors (Lipinski definition) is 2. The van der Waals surface area contributed by atoms with Crippen LogP contribution in [-0.2, 0) is 9.53 Å². The van der Waals surface area contributed by atoms with Crippen molar-refractivity contribution in [3.63, 3.8) is 0 Å². The minimum absolute atomic E-state index is 0.0344. The molecule has 0 heterocycles. The predicted octanol–water partition coefficient (Wildman–Crippen LogP) is 3.24. The SMILES string of the molecule is C=C(C)[C@@H]1CC=C(C)[C@@H](OC(=O)CC)C1. The van der Waals surface area contributed by atoms with Gasteiger partial charge in [-0.25, -0.2) is 0 Å². The van der Waals surface area contributed by atoms with Gasteiger partial charge in [0, 0.05) is 6.42 Å². The van der Waals surface area contributed by atoms with Crippen LogP contribution in [-0.4, -0.2) is 12.1 Å². The molecule has 2 atom stereocenters. The zero-order valence-electron chi connectivity index (χ0n) is 9.88. The first-order valence-corrected chi connectivity index (χ1v) is 5.56. The predicted molar refractivity (Wildman–Crippen MR) is 61.5 cm³/mol. The number of esters is 1. The van der Waals surface area contributed by atoms with Crippen molar-refractivity contribution in [2.45, 2.75) is 46.1 Å². The van der Waals surface area contributed by atoms with Gasteiger partial charge in [0.25, 0.3) is 0 Å². The van der Waals surface area contributed by atoms with Crippen LogP contribution in [0.5, 0.6) is 0 Å². The zero-order chi connectivity index (χ0) is 11.4. The lowest BCUT2D eigenvalue weighted by Gasteiger charge is -2.28. The second-order valence-corrected chi connectivity index (χ2v) is 4.29. The fourth-order valence-electron chi connectivity index (χ4n) is 1.79. The third-order valence-corrected chi connectivity index (χ3v) is 2.99. The van der Waals surface area contributed by atoms with E-state index in [4.69, 9.17) is 4.74 Å². The summed E-state index contributed by atoms with van der Waals surface area (Å²) in [6.45, 7) is 9.86. The van der Waals surface area contributed by atoms with Crippen molar-refractivity contribution in [1.29, 1.82) is 0 Å². The van der Waals surface area contributed by atoms with Crippen molar-refractivity contribution in [3.05, 3.63) is 23.8 Å². The molecule has 0 saturated heterocycles. The lowest BCUT2D eigenvalue weighted by atomic mass is 9.84. The molecule has 1 aliphatic rings. The molecule has 0 unspecified atom stereocenters. The van der Waals surface area contributed by atoms with Crippen molar-refractivity contribution < 1.29 is 9.53 Å². The van der Waals surface area contributed by atoms with Crippen LogP contribution in [0.3, 0.4) is 0 Å². The van der Waals surface area contributed by atoms with E-state index < -0.39 is 0 Å². The summed E-state index contributed by atoms with van der Waals surface area (Å²) in [6.07, 6.45) is 4.50. The van der Waals surface area contributed by atoms with Crippen LogP contribution in [0.2, 0.25) is 0 Å². The van der Waals surface area contributed by atoms with Gasteiger partial charge < -0.3 is 4.74 Å². The summed E-state index contributed by atoms with van der Waals surface area (Å²) in [5.74, 6) is 0.346. The molecule has 0 bridgehead atoms. The third-order valence-electron chi connectivity index (χ3n) is 2.99. The summed E-state index contributed by atoms with van der Waals surface area (Å²) in [4.78, 5) is 11.2. The van der Waals surface area contributed by atoms with Gasteiger partial charge in [0.15, 0.2) is 0 Å². The van der Waals surface area contributed by atoms with Crippen LogP contribution in [0.15, 0.2) is 23.8 Å². The minimum Gasteiger partial charge on any atom is -0.458 e. The highest BCUT2D eigenvalue weighted by molar-refractivity contribution is 5.69. The summed E-state index contributed by atoms with van der Waals surface area (Å²) in [5.41, 5.74) is 2.35. The first-order valence-electron chi connectivity index (χ1n) is 5.56. The van der Waals surface area contributed by atoms with Crippen LogP contribution in [0.1, 0.15) is 40.0 Å². The average Bonchev–Trinajstić information content (AvgIpc) is 2.20. The van der Waals surface area contributed by atoms with Crippen LogP contribution in [0.25, 0.3) is 0 Å². The Morgan fingerprint density at radius 2 is 2.33 bits per heavy atom. The first-order chi connectivity index (χ1) is 7.04. The Kier molecular flexibility index (Phi) is 4.13. The van der Waals surface area contributed by atoms with Crippen molar-refractivity contribution in [2.75, 3.05) is 0 Å². The van der Waals surface area contributed by atoms with Crippen LogP contribution in [0, 0.1) is 5.92 Å². The molecule has 1 rings (SSSR count). The molecule has 0 aromatic rings. The first kappa shape index (κ1) is 12.0. The standard InChI is InChI=1S/C13H20O2/c1-5-13(14)15-12-8-11(9(2)3)7-6-10(12)4/h6,11-12H,2,5,7-8H2,1,3-4H3/t11-,12+/m1/s1. The van der Waals surface area contributed by atoms with Gasteiger partial charge in [-0.05, 0) is 38.2 Å². The summed E-state index contributed by atoms with van der Waals surface area (Å²) < 4.78 is 5.38. The highest BCUT2D eigenvalue weighted by atomic mass is 16.5. The van der Waals surface area contributed by atoms with Gasteiger partial charge in [-0.1, -0.05) is 25.2 Å². The number of carbonyl (C=O) groups excluding carboxylic acids is 1. The van der Waals surface area contributed by atoms with Crippen molar-refractivity contribution in [1.82, 2.24) is 0 Å². The number of rotatable bonds is 3. The summed E-state index contributed by atoms with van der Waals surface area (Å²) >= 11 is 0. The second kappa shape index (κ2) is 5.15. The highest BCUT2D eigenvalue weighted by Crippen LogP contribution is 2.30. The molecule has 2 nitrogen and oxygen atoms in total. The fourth-order valence-corrected chi connectivity index (χ4v) is 1.79. The summed E-state index contributed by atoms with van der Waals surface area (Å²) in [7, 11) is 0. The Morgan fingerprint density at radius 1 is 1.67 bits per heavy atom. The van der Waals surface area contributed by atoms with Gasteiger partial charge in [-0.2, -0.15) is 0 Å². The molecule has 1 aliphatic carbocycles. The van der Waals surface area contributed by atoms with E-state index in [0.717, 1.165) is 12.8 Å². The van der Waals surface area contributed by atoms with Crippen molar-refractivity contribution >= 4 is 5.97 Å². The van der Waals surface area contributed by atoms with Gasteiger partial charge in [0.2, 0.25) is 0 Å². The zero-order valence-corrected chi connectivity index (χ0v) is 9.88. The second-order valence-electron chi connectivity index (χ2n) is 4.29. The number of hydrogen-bond donors (Lipinski definition) is 0. The molecular weight excluding hydrogens is 188 g/mol. The third kappa shape index (κ3) is 3.22. The van der Waals surface area contributed by atoms with E-state index in [1.165, 1.54) is 11.1 Å². The Labute approximate surface area is 92.0 Å². The van der Waals surface area contributed by atoms with Crippen LogP contribution >= 0.6 is 0 Å². The molecule has 0 saturated carbocycles. The topological polar surface area (TPSA) is 26.3 Å². The van der Waals surface area contributed by atoms with Crippen molar-refractivity contribution in [3.8, 4) is 0 Å². The van der Waals surface area contributed by atoms with E-state index in [-0.39, 0.29) is 12.1 Å². The number of allylic oxidation sites excluding steroid dienone is 2. The minimum atomic E-state index is -0.116. The Bertz CT molecular complexity index is 289. The van der Waals surface area contributed by atoms with Gasteiger partial charge >= 0.3 is 5.97 Å². The summed E-state index contributed by atoms with van der Waals surface area (Å²) in [6, 6.07) is 0. The molecule has 0 spiro atoms. The Morgan fingerprint density at radius 3 is 2.87 bits per heavy atom. The molecule has 0 aliphatic heterocycles. The molecule has 0 fully saturated rings. The normalized spacial score (nSPS) is 25.7. The summed E-state index contributed by atoms with van der Waals surface area (Å²) in [5, 5.41) is 0. The molecule has 0 radical (unpaired) electrons. The largest absolute Gasteiger partial charge is 0.458 e. The number of carbonyl (C=O) groups is 1. The van der Waals surface area contributed by atoms with Crippen molar-refractivity contribution in [2.24, 2.45) is 5.92 Å². The van der Waals surface area contributed by atoms with Crippen LogP contribution in [0.4, 0.5) is 0 Å². The van der Waals surface area contributed by atoms with E-state index in [9.17, 15) is 4.79 Å². The molecule has 2 heteroatoms. The lowest BCUT2D eigenvalue weighted by molar-refractivity contribution is -0.147. The monoisotopic (exact) mass is 208 g/mol. The van der Waals surface area contributed by atoms with Crippen LogP contribution < -0.4 is 0 Å². The quantitative estimate of drug-likeness (QED) is 0.525. The number of ether oxygens (including phenoxy) is 1. The maximum atomic E-state index is 11.2. The Hall–Kier alpha value is -1.05. The smallest absolute Gasteiger partial charge is 0.306 e. The Balaban J connectivity index is 2.63. The van der Waals surface area contributed by atoms with Gasteiger partial charge in [-0.3, -0.25) is 4.79 Å². The van der Waals surface area contributed by atoms with Gasteiger partial charge in [0.1, 0.15) is 6.10 Å². The molecule has 15 heavy (non-hydrogen) atoms. The molecule has 0 aromatic carbocycles.